The summed E-state index contributed by atoms with van der Waals surface area (Å²) in [5.74, 6) is -0.490. The van der Waals surface area contributed by atoms with E-state index in [1.807, 2.05) is 13.8 Å². The van der Waals surface area contributed by atoms with Crippen molar-refractivity contribution in [1.82, 2.24) is 4.98 Å². The highest BCUT2D eigenvalue weighted by Gasteiger charge is 2.32. The van der Waals surface area contributed by atoms with Crippen molar-refractivity contribution in [2.75, 3.05) is 25.5 Å². The van der Waals surface area contributed by atoms with E-state index in [1.165, 1.54) is 0 Å². The zero-order valence-electron chi connectivity index (χ0n) is 9.77. The van der Waals surface area contributed by atoms with Gasteiger partial charge in [0, 0.05) is 25.0 Å². The number of nitrogens with two attached hydrogens (primary N) is 2. The van der Waals surface area contributed by atoms with Gasteiger partial charge in [-0.15, -0.1) is 0 Å². The smallest absolute Gasteiger partial charge is 0.207 e. The van der Waals surface area contributed by atoms with E-state index in [1.54, 1.807) is 18.3 Å². The molecule has 0 aliphatic carbocycles. The summed E-state index contributed by atoms with van der Waals surface area (Å²) in [6.07, 6.45) is 1.62. The molecule has 0 amide bonds. The molecule has 1 heterocycles. The molecule has 0 aliphatic rings. The molecule has 0 radical (unpaired) electrons. The summed E-state index contributed by atoms with van der Waals surface area (Å²) >= 11 is 0. The Morgan fingerprint density at radius 2 is 1.94 bits per heavy atom. The fraction of sp³-hybridized carbons (Fsp3) is 0.545. The van der Waals surface area contributed by atoms with Gasteiger partial charge in [-0.2, -0.15) is 0 Å². The van der Waals surface area contributed by atoms with E-state index in [0.29, 0.717) is 19.0 Å². The molecule has 5 nitrogen and oxygen atoms in total. The lowest BCUT2D eigenvalue weighted by molar-refractivity contribution is -0.235. The number of pyridine rings is 1. The van der Waals surface area contributed by atoms with Crippen molar-refractivity contribution in [2.45, 2.75) is 19.6 Å². The van der Waals surface area contributed by atoms with Crippen molar-refractivity contribution in [2.24, 2.45) is 5.73 Å². The number of hydrogen-bond acceptors (Lipinski definition) is 5. The monoisotopic (exact) mass is 225 g/mol. The Bertz CT molecular complexity index is 325. The number of nitrogen functional groups attached to an aromatic ring is 1. The highest BCUT2D eigenvalue weighted by molar-refractivity contribution is 5.34. The average Bonchev–Trinajstić information content (AvgIpc) is 2.28. The van der Waals surface area contributed by atoms with Crippen LogP contribution in [0.3, 0.4) is 0 Å². The number of anilines is 1. The molecule has 0 aliphatic heterocycles. The molecule has 1 rings (SSSR count). The molecule has 0 atom stereocenters. The van der Waals surface area contributed by atoms with Crippen LogP contribution in [-0.2, 0) is 15.3 Å². The van der Waals surface area contributed by atoms with Crippen LogP contribution < -0.4 is 11.5 Å². The third-order valence-corrected chi connectivity index (χ3v) is 2.24. The van der Waals surface area contributed by atoms with Gasteiger partial charge in [0.25, 0.3) is 0 Å². The van der Waals surface area contributed by atoms with E-state index in [9.17, 15) is 0 Å². The zero-order chi connectivity index (χ0) is 12.0. The molecular formula is C11H19N3O2. The summed E-state index contributed by atoms with van der Waals surface area (Å²) in [5.41, 5.74) is 12.2. The van der Waals surface area contributed by atoms with Gasteiger partial charge in [-0.05, 0) is 26.0 Å². The molecule has 1 aromatic rings. The predicted molar refractivity (Wildman–Crippen MR) is 62.6 cm³/mol. The van der Waals surface area contributed by atoms with Crippen LogP contribution in [0.1, 0.15) is 19.4 Å². The molecule has 16 heavy (non-hydrogen) atoms. The minimum Gasteiger partial charge on any atom is -0.384 e. The first-order valence-corrected chi connectivity index (χ1v) is 5.38. The van der Waals surface area contributed by atoms with Crippen LogP contribution in [0.15, 0.2) is 18.3 Å². The van der Waals surface area contributed by atoms with Gasteiger partial charge in [-0.25, -0.2) is 4.98 Å². The van der Waals surface area contributed by atoms with Crippen molar-refractivity contribution >= 4 is 5.82 Å². The summed E-state index contributed by atoms with van der Waals surface area (Å²) in [7, 11) is 0. The van der Waals surface area contributed by atoms with Crippen molar-refractivity contribution in [3.8, 4) is 0 Å². The van der Waals surface area contributed by atoms with Crippen LogP contribution in [0, 0.1) is 0 Å². The second-order valence-corrected chi connectivity index (χ2v) is 3.29. The van der Waals surface area contributed by atoms with Crippen molar-refractivity contribution < 1.29 is 9.47 Å². The molecule has 0 saturated carbocycles. The number of ether oxygens (including phenoxy) is 2. The number of nitrogens with zero attached hydrogens (tertiary/aromatic N) is 1. The van der Waals surface area contributed by atoms with Gasteiger partial charge in [-0.1, -0.05) is 0 Å². The molecule has 90 valence electrons. The highest BCUT2D eigenvalue weighted by atomic mass is 16.7. The first-order chi connectivity index (χ1) is 7.68. The van der Waals surface area contributed by atoms with Crippen molar-refractivity contribution in [3.63, 3.8) is 0 Å². The second-order valence-electron chi connectivity index (χ2n) is 3.29. The fourth-order valence-corrected chi connectivity index (χ4v) is 1.60. The molecular weight excluding hydrogens is 206 g/mol. The van der Waals surface area contributed by atoms with E-state index in [0.717, 1.165) is 5.56 Å². The van der Waals surface area contributed by atoms with Crippen LogP contribution in [0.5, 0.6) is 0 Å². The molecule has 4 N–H and O–H groups in total. The molecule has 0 unspecified atom stereocenters. The van der Waals surface area contributed by atoms with E-state index in [2.05, 4.69) is 4.98 Å². The third kappa shape index (κ3) is 2.69. The van der Waals surface area contributed by atoms with Crippen LogP contribution >= 0.6 is 0 Å². The lowest BCUT2D eigenvalue weighted by atomic mass is 10.1. The Labute approximate surface area is 95.7 Å². The first-order valence-electron chi connectivity index (χ1n) is 5.38. The van der Waals surface area contributed by atoms with Gasteiger partial charge in [0.2, 0.25) is 5.79 Å². The fourth-order valence-electron chi connectivity index (χ4n) is 1.60. The van der Waals surface area contributed by atoms with Crippen molar-refractivity contribution in [3.05, 3.63) is 23.9 Å². The minimum atomic E-state index is -0.916. The molecule has 0 aromatic carbocycles. The Kier molecular flexibility index (Phi) is 4.67. The van der Waals surface area contributed by atoms with Crippen LogP contribution in [0.2, 0.25) is 0 Å². The van der Waals surface area contributed by atoms with Crippen LogP contribution in [0.25, 0.3) is 0 Å². The topological polar surface area (TPSA) is 83.4 Å². The van der Waals surface area contributed by atoms with E-state index in [4.69, 9.17) is 20.9 Å². The Hall–Kier alpha value is -1.17. The zero-order valence-corrected chi connectivity index (χ0v) is 9.77. The molecule has 1 aromatic heterocycles. The summed E-state index contributed by atoms with van der Waals surface area (Å²) in [6.45, 7) is 5.05. The van der Waals surface area contributed by atoms with Gasteiger partial charge in [-0.3, -0.25) is 0 Å². The first kappa shape index (κ1) is 12.9. The molecule has 0 bridgehead atoms. The van der Waals surface area contributed by atoms with Gasteiger partial charge in [0.15, 0.2) is 0 Å². The van der Waals surface area contributed by atoms with E-state index < -0.39 is 5.79 Å². The number of hydrogen-bond donors (Lipinski definition) is 2. The maximum absolute atomic E-state index is 5.75. The largest absolute Gasteiger partial charge is 0.384 e. The molecule has 0 saturated heterocycles. The highest BCUT2D eigenvalue weighted by Crippen LogP contribution is 2.27. The normalized spacial score (nSPS) is 11.7. The summed E-state index contributed by atoms with van der Waals surface area (Å²) < 4.78 is 11.3. The van der Waals surface area contributed by atoms with E-state index >= 15 is 0 Å². The van der Waals surface area contributed by atoms with Crippen LogP contribution in [0.4, 0.5) is 5.82 Å². The van der Waals surface area contributed by atoms with Gasteiger partial charge in [0.1, 0.15) is 5.82 Å². The number of rotatable bonds is 6. The third-order valence-electron chi connectivity index (χ3n) is 2.24. The lowest BCUT2D eigenvalue weighted by Gasteiger charge is -2.32. The van der Waals surface area contributed by atoms with Crippen molar-refractivity contribution in [1.29, 1.82) is 0 Å². The Morgan fingerprint density at radius 1 is 1.31 bits per heavy atom. The molecule has 5 heteroatoms. The van der Waals surface area contributed by atoms with Crippen LogP contribution in [-0.4, -0.2) is 24.7 Å². The summed E-state index contributed by atoms with van der Waals surface area (Å²) in [4.78, 5) is 3.93. The lowest BCUT2D eigenvalue weighted by Crippen LogP contribution is -2.41. The number of aromatic nitrogens is 1. The molecule has 0 spiro atoms. The standard InChI is InChI=1S/C11H19N3O2/c1-3-15-11(8-12,16-4-2)9-5-6-14-10(13)7-9/h5-7H,3-4,8,12H2,1-2H3,(H2,13,14). The Balaban J connectivity index is 3.07. The second kappa shape index (κ2) is 5.79. The average molecular weight is 225 g/mol. The van der Waals surface area contributed by atoms with Gasteiger partial charge >= 0.3 is 0 Å². The maximum atomic E-state index is 5.75. The van der Waals surface area contributed by atoms with Gasteiger partial charge < -0.3 is 20.9 Å². The predicted octanol–water partition coefficient (Wildman–Crippen LogP) is 0.848. The van der Waals surface area contributed by atoms with E-state index in [-0.39, 0.29) is 6.54 Å². The summed E-state index contributed by atoms with van der Waals surface area (Å²) in [5, 5.41) is 0. The molecule has 0 fully saturated rings. The summed E-state index contributed by atoms with van der Waals surface area (Å²) in [6, 6.07) is 3.52. The quantitative estimate of drug-likeness (QED) is 0.701. The minimum absolute atomic E-state index is 0.234. The Morgan fingerprint density at radius 3 is 2.38 bits per heavy atom. The SMILES string of the molecule is CCOC(CN)(OCC)c1ccnc(N)c1. The maximum Gasteiger partial charge on any atom is 0.207 e. The van der Waals surface area contributed by atoms with Gasteiger partial charge in [0.05, 0.1) is 6.54 Å².